The van der Waals surface area contributed by atoms with Crippen LogP contribution < -0.4 is 14.1 Å². The number of hydrogen-bond acceptors (Lipinski definition) is 0. The third kappa shape index (κ3) is 191. The van der Waals surface area contributed by atoms with Gasteiger partial charge in [-0.2, -0.15) is 9.90 Å². The van der Waals surface area contributed by atoms with Gasteiger partial charge in [0.15, 0.2) is 0 Å². The Hall–Kier alpha value is 1.20. The molecule has 0 amide bonds. The zero-order valence-corrected chi connectivity index (χ0v) is 8.68. The van der Waals surface area contributed by atoms with Crippen molar-refractivity contribution in [1.82, 2.24) is 0 Å². The minimum absolute atomic E-state index is 0. The third-order valence-electron chi connectivity index (χ3n) is 0. The molecule has 0 aliphatic carbocycles. The fourth-order valence-electron chi connectivity index (χ4n) is 0. The van der Waals surface area contributed by atoms with Crippen LogP contribution in [0, 0.1) is 35.6 Å². The maximum Gasteiger partial charge on any atom is 3.00 e. The molecule has 8 heteroatoms. The van der Waals surface area contributed by atoms with E-state index in [9.17, 15) is 0 Å². The van der Waals surface area contributed by atoms with Crippen LogP contribution in [0.1, 0.15) is 0 Å². The Bertz CT molecular complexity index is 8.49. The summed E-state index contributed by atoms with van der Waals surface area (Å²) in [6.45, 7) is 0. The molecule has 0 heterocycles. The van der Waals surface area contributed by atoms with E-state index < -0.39 is 0 Å². The first kappa shape index (κ1) is 427. The standard InChI is InChI=1S/6FH.La.H3P/h6*1H;;1H3/q;;;;;;+3;/p-3. The van der Waals surface area contributed by atoms with Crippen molar-refractivity contribution >= 4 is 9.90 Å². The fourth-order valence-corrected chi connectivity index (χ4v) is 0. The van der Waals surface area contributed by atoms with Crippen LogP contribution >= 0.6 is 9.90 Å². The molecule has 56 valence electrons. The first-order valence-corrected chi connectivity index (χ1v) is 0. The SMILES string of the molecule is F.F.F.P.[F-].[F-].[F-].[La+3]. The molecule has 0 aliphatic rings. The summed E-state index contributed by atoms with van der Waals surface area (Å²) in [5.74, 6) is 0. The van der Waals surface area contributed by atoms with Gasteiger partial charge in [0.05, 0.1) is 0 Å². The summed E-state index contributed by atoms with van der Waals surface area (Å²) in [4.78, 5) is 0. The Kier molecular flexibility index (Phi) is 15700. The molecule has 0 radical (unpaired) electrons. The van der Waals surface area contributed by atoms with Gasteiger partial charge in [-0.1, -0.05) is 0 Å². The minimum Gasteiger partial charge on any atom is -1.00 e. The fraction of sp³-hybridized carbons (Fsp3) is 0. The van der Waals surface area contributed by atoms with E-state index in [0.29, 0.717) is 0 Å². The van der Waals surface area contributed by atoms with E-state index in [2.05, 4.69) is 0 Å². The Labute approximate surface area is 73.6 Å². The summed E-state index contributed by atoms with van der Waals surface area (Å²) in [5.41, 5.74) is 0. The van der Waals surface area contributed by atoms with Crippen LogP contribution in [0.3, 0.4) is 0 Å². The molecule has 0 aromatic carbocycles. The molecule has 8 heavy (non-hydrogen) atoms. The molecule has 0 spiro atoms. The van der Waals surface area contributed by atoms with E-state index in [1.165, 1.54) is 0 Å². The maximum absolute atomic E-state index is 0. The van der Waals surface area contributed by atoms with Crippen LogP contribution in [0.25, 0.3) is 0 Å². The molecule has 1 unspecified atom stereocenters. The monoisotopic (exact) mass is 290 g/mol. The summed E-state index contributed by atoms with van der Waals surface area (Å²) in [7, 11) is 0. The minimum atomic E-state index is 0. The Morgan fingerprint density at radius 1 is 0.500 bits per heavy atom. The Balaban J connectivity index is 0. The van der Waals surface area contributed by atoms with Gasteiger partial charge in [0.25, 0.3) is 0 Å². The molecular formula is H6F6LaP. The van der Waals surface area contributed by atoms with Crippen LogP contribution in [0.2, 0.25) is 0 Å². The van der Waals surface area contributed by atoms with Gasteiger partial charge in [0.1, 0.15) is 0 Å². The van der Waals surface area contributed by atoms with Crippen LogP contribution in [0.15, 0.2) is 0 Å². The normalized spacial score (nSPS) is 0. The predicted octanol–water partition coefficient (Wildman–Crippen LogP) is -8.47. The van der Waals surface area contributed by atoms with E-state index in [4.69, 9.17) is 0 Å². The zero-order valence-electron chi connectivity index (χ0n) is 3.64. The molecule has 0 N–H and O–H groups in total. The Morgan fingerprint density at radius 3 is 0.500 bits per heavy atom. The van der Waals surface area contributed by atoms with Gasteiger partial charge in [0.2, 0.25) is 0 Å². The summed E-state index contributed by atoms with van der Waals surface area (Å²) in [6, 6.07) is 0. The second kappa shape index (κ2) is 293. The van der Waals surface area contributed by atoms with Gasteiger partial charge in [-0.3, -0.25) is 14.1 Å². The molecule has 0 saturated carbocycles. The van der Waals surface area contributed by atoms with Gasteiger partial charge < -0.3 is 14.1 Å². The van der Waals surface area contributed by atoms with E-state index in [-0.39, 0.29) is 73.7 Å². The van der Waals surface area contributed by atoms with E-state index in [0.717, 1.165) is 0 Å². The van der Waals surface area contributed by atoms with Crippen molar-refractivity contribution in [2.45, 2.75) is 0 Å². The van der Waals surface area contributed by atoms with Crippen molar-refractivity contribution < 1.29 is 63.8 Å². The largest absolute Gasteiger partial charge is 3.00 e. The topological polar surface area (TPSA) is 0 Å². The molecular weight excluding hydrogens is 284 g/mol. The van der Waals surface area contributed by atoms with Gasteiger partial charge in [-0.25, -0.2) is 0 Å². The van der Waals surface area contributed by atoms with Crippen molar-refractivity contribution in [3.8, 4) is 0 Å². The summed E-state index contributed by atoms with van der Waals surface area (Å²) < 4.78 is 0. The molecule has 0 bridgehead atoms. The molecule has 0 aromatic rings. The van der Waals surface area contributed by atoms with Crippen LogP contribution in [0.4, 0.5) is 14.1 Å². The van der Waals surface area contributed by atoms with Gasteiger partial charge in [0, 0.05) is 0 Å². The second-order valence-electron chi connectivity index (χ2n) is 0. The first-order valence-electron chi connectivity index (χ1n) is 0. The van der Waals surface area contributed by atoms with E-state index in [1.807, 2.05) is 0 Å². The van der Waals surface area contributed by atoms with Crippen LogP contribution in [-0.2, 0) is 0 Å². The quantitative estimate of drug-likeness (QED) is 0.307. The third-order valence-corrected chi connectivity index (χ3v) is 0. The van der Waals surface area contributed by atoms with E-state index in [1.54, 1.807) is 0 Å². The average molecular weight is 290 g/mol. The van der Waals surface area contributed by atoms with E-state index >= 15 is 0 Å². The van der Waals surface area contributed by atoms with Gasteiger partial charge >= 0.3 is 35.6 Å². The molecule has 0 nitrogen and oxygen atoms in total. The summed E-state index contributed by atoms with van der Waals surface area (Å²) >= 11 is 0. The second-order valence-corrected chi connectivity index (χ2v) is 0. The number of halogens is 6. The molecule has 0 rings (SSSR count). The molecule has 0 saturated heterocycles. The van der Waals surface area contributed by atoms with Crippen molar-refractivity contribution in [2.75, 3.05) is 0 Å². The first-order chi connectivity index (χ1) is 0. The molecule has 0 aromatic heterocycles. The van der Waals surface area contributed by atoms with Crippen LogP contribution in [-0.4, -0.2) is 0 Å². The van der Waals surface area contributed by atoms with Crippen molar-refractivity contribution in [2.24, 2.45) is 0 Å². The predicted molar refractivity (Wildman–Crippen MR) is 18.6 cm³/mol. The summed E-state index contributed by atoms with van der Waals surface area (Å²) in [6.07, 6.45) is 0. The Morgan fingerprint density at radius 2 is 0.500 bits per heavy atom. The zero-order chi connectivity index (χ0) is 0. The number of rotatable bonds is 0. The molecule has 0 fully saturated rings. The van der Waals surface area contributed by atoms with Gasteiger partial charge in [-0.05, 0) is 0 Å². The van der Waals surface area contributed by atoms with Crippen molar-refractivity contribution in [3.05, 3.63) is 0 Å². The van der Waals surface area contributed by atoms with Gasteiger partial charge in [-0.15, -0.1) is 0 Å². The average Bonchev–Trinajstić information content (AvgIpc) is 0. The van der Waals surface area contributed by atoms with Crippen LogP contribution in [0.5, 0.6) is 0 Å². The molecule has 1 atom stereocenters. The van der Waals surface area contributed by atoms with Crippen molar-refractivity contribution in [3.63, 3.8) is 0 Å². The smallest absolute Gasteiger partial charge is 1.00 e. The number of hydrogen-bond donors (Lipinski definition) is 0. The maximum atomic E-state index is 0. The summed E-state index contributed by atoms with van der Waals surface area (Å²) in [5, 5.41) is 0. The van der Waals surface area contributed by atoms with Crippen molar-refractivity contribution in [1.29, 1.82) is 0 Å². The molecule has 0 aliphatic heterocycles.